The smallest absolute Gasteiger partial charge is 0.306 e. The Morgan fingerprint density at radius 2 is 2.20 bits per heavy atom. The van der Waals surface area contributed by atoms with E-state index in [1.54, 1.807) is 0 Å². The van der Waals surface area contributed by atoms with E-state index >= 15 is 0 Å². The maximum absolute atomic E-state index is 12.4. The maximum Gasteiger partial charge on any atom is 0.306 e. The molecule has 0 spiro atoms. The molecule has 1 aliphatic carbocycles. The number of ether oxygens (including phenoxy) is 1. The van der Waals surface area contributed by atoms with Gasteiger partial charge in [0.2, 0.25) is 0 Å². The molecule has 110 valence electrons. The van der Waals surface area contributed by atoms with Gasteiger partial charge in [0, 0.05) is 21.8 Å². The van der Waals surface area contributed by atoms with Gasteiger partial charge in [-0.25, -0.2) is 0 Å². The monoisotopic (exact) mass is 294 g/mol. The number of benzene rings is 1. The van der Waals surface area contributed by atoms with Crippen LogP contribution >= 0.6 is 0 Å². The second kappa shape index (κ2) is 7.02. The van der Waals surface area contributed by atoms with E-state index in [1.807, 2.05) is 6.92 Å². The Balaban J connectivity index is 2.00. The van der Waals surface area contributed by atoms with Crippen molar-refractivity contribution in [2.24, 2.45) is 0 Å². The van der Waals surface area contributed by atoms with Crippen molar-refractivity contribution < 1.29 is 13.7 Å². The molecule has 20 heavy (non-hydrogen) atoms. The number of carbonyl (C=O) groups excluding carboxylic acids is 1. The van der Waals surface area contributed by atoms with Gasteiger partial charge in [0.05, 0.1) is 13.5 Å². The molecule has 0 bridgehead atoms. The highest BCUT2D eigenvalue weighted by molar-refractivity contribution is 7.85. The fourth-order valence-corrected chi connectivity index (χ4v) is 4.19. The number of hydrogen-bond donors (Lipinski definition) is 0. The molecule has 0 N–H and O–H groups in total. The molecule has 0 heterocycles. The summed E-state index contributed by atoms with van der Waals surface area (Å²) in [6, 6.07) is 8.44. The molecule has 1 aliphatic rings. The van der Waals surface area contributed by atoms with E-state index in [1.165, 1.54) is 18.2 Å². The summed E-state index contributed by atoms with van der Waals surface area (Å²) in [4.78, 5) is 11.3. The Morgan fingerprint density at radius 3 is 2.95 bits per heavy atom. The van der Waals surface area contributed by atoms with Crippen LogP contribution in [0.2, 0.25) is 0 Å². The summed E-state index contributed by atoms with van der Waals surface area (Å²) >= 11 is 0. The quantitative estimate of drug-likeness (QED) is 0.784. The topological polar surface area (TPSA) is 43.4 Å². The second-order valence-electron chi connectivity index (χ2n) is 5.43. The average Bonchev–Trinajstić information content (AvgIpc) is 2.47. The van der Waals surface area contributed by atoms with Crippen LogP contribution in [0.4, 0.5) is 0 Å². The molecule has 1 aromatic rings. The lowest BCUT2D eigenvalue weighted by atomic mass is 9.84. The first-order valence-electron chi connectivity index (χ1n) is 7.13. The lowest BCUT2D eigenvalue weighted by molar-refractivity contribution is -0.140. The minimum atomic E-state index is -0.993. The molecule has 0 amide bonds. The van der Waals surface area contributed by atoms with Gasteiger partial charge in [0.15, 0.2) is 0 Å². The van der Waals surface area contributed by atoms with Gasteiger partial charge in [-0.3, -0.25) is 9.00 Å². The Kier molecular flexibility index (Phi) is 5.35. The van der Waals surface area contributed by atoms with Crippen LogP contribution in [0.1, 0.15) is 43.2 Å². The van der Waals surface area contributed by atoms with Crippen LogP contribution in [0.5, 0.6) is 0 Å². The molecule has 0 fully saturated rings. The number of carbonyl (C=O) groups is 1. The zero-order valence-electron chi connectivity index (χ0n) is 12.1. The predicted molar refractivity (Wildman–Crippen MR) is 81.2 cm³/mol. The van der Waals surface area contributed by atoms with Gasteiger partial charge in [-0.1, -0.05) is 31.2 Å². The zero-order valence-corrected chi connectivity index (χ0v) is 12.9. The number of aryl methyl sites for hydroxylation is 1. The highest BCUT2D eigenvalue weighted by Gasteiger charge is 2.24. The van der Waals surface area contributed by atoms with Gasteiger partial charge >= 0.3 is 5.97 Å². The van der Waals surface area contributed by atoms with Gasteiger partial charge < -0.3 is 4.74 Å². The first-order valence-corrected chi connectivity index (χ1v) is 8.51. The lowest BCUT2D eigenvalue weighted by Gasteiger charge is -2.26. The van der Waals surface area contributed by atoms with Gasteiger partial charge in [-0.05, 0) is 36.3 Å². The van der Waals surface area contributed by atoms with Crippen LogP contribution in [-0.4, -0.2) is 28.3 Å². The van der Waals surface area contributed by atoms with Crippen molar-refractivity contribution >= 4 is 16.8 Å². The molecule has 1 aromatic carbocycles. The van der Waals surface area contributed by atoms with E-state index < -0.39 is 10.8 Å². The van der Waals surface area contributed by atoms with Crippen LogP contribution in [0.25, 0.3) is 0 Å². The van der Waals surface area contributed by atoms with Gasteiger partial charge in [0.25, 0.3) is 0 Å². The van der Waals surface area contributed by atoms with Crippen LogP contribution in [0.15, 0.2) is 24.3 Å². The highest BCUT2D eigenvalue weighted by atomic mass is 32.2. The second-order valence-corrected chi connectivity index (χ2v) is 7.33. The van der Waals surface area contributed by atoms with Crippen molar-refractivity contribution in [1.29, 1.82) is 0 Å². The molecular weight excluding hydrogens is 272 g/mol. The third-order valence-electron chi connectivity index (χ3n) is 3.99. The molecule has 4 heteroatoms. The molecule has 0 aromatic heterocycles. The number of esters is 1. The van der Waals surface area contributed by atoms with E-state index in [2.05, 4.69) is 29.0 Å². The zero-order chi connectivity index (χ0) is 14.5. The Labute approximate surface area is 123 Å². The standard InChI is InChI=1S/C16H22O3S/c1-12(10-16(17)19-2)20(18)11-14-8-5-7-13-6-3-4-9-15(13)14/h3-4,6,9,12,14H,5,7-8,10-11H2,1-2H3. The Bertz CT molecular complexity index is 498. The summed E-state index contributed by atoms with van der Waals surface area (Å²) in [6.45, 7) is 1.86. The van der Waals surface area contributed by atoms with Crippen LogP contribution < -0.4 is 0 Å². The van der Waals surface area contributed by atoms with Crippen molar-refractivity contribution in [3.8, 4) is 0 Å². The first kappa shape index (κ1) is 15.2. The molecule has 3 atom stereocenters. The summed E-state index contributed by atoms with van der Waals surface area (Å²) < 4.78 is 17.0. The summed E-state index contributed by atoms with van der Waals surface area (Å²) in [7, 11) is 0.378. The molecular formula is C16H22O3S. The summed E-state index contributed by atoms with van der Waals surface area (Å²) in [5, 5.41) is -0.142. The van der Waals surface area contributed by atoms with E-state index in [9.17, 15) is 9.00 Å². The molecule has 0 radical (unpaired) electrons. The van der Waals surface area contributed by atoms with E-state index in [-0.39, 0.29) is 17.6 Å². The van der Waals surface area contributed by atoms with Crippen LogP contribution in [0, 0.1) is 0 Å². The third kappa shape index (κ3) is 3.69. The number of hydrogen-bond acceptors (Lipinski definition) is 3. The summed E-state index contributed by atoms with van der Waals surface area (Å²) in [6.07, 6.45) is 3.60. The number of rotatable bonds is 5. The minimum Gasteiger partial charge on any atom is -0.469 e. The summed E-state index contributed by atoms with van der Waals surface area (Å²) in [5.41, 5.74) is 2.73. The fourth-order valence-electron chi connectivity index (χ4n) is 2.80. The molecule has 2 rings (SSSR count). The van der Waals surface area contributed by atoms with Crippen LogP contribution in [-0.2, 0) is 26.8 Å². The first-order chi connectivity index (χ1) is 9.61. The molecule has 3 nitrogen and oxygen atoms in total. The molecule has 0 saturated heterocycles. The maximum atomic E-state index is 12.4. The van der Waals surface area contributed by atoms with Gasteiger partial charge in [-0.2, -0.15) is 0 Å². The highest BCUT2D eigenvalue weighted by Crippen LogP contribution is 2.32. The Hall–Kier alpha value is -1.16. The molecule has 0 saturated carbocycles. The lowest BCUT2D eigenvalue weighted by Crippen LogP contribution is -2.24. The van der Waals surface area contributed by atoms with Crippen LogP contribution in [0.3, 0.4) is 0 Å². The fraction of sp³-hybridized carbons (Fsp3) is 0.562. The van der Waals surface area contributed by atoms with E-state index in [4.69, 9.17) is 0 Å². The van der Waals surface area contributed by atoms with E-state index in [0.29, 0.717) is 11.7 Å². The molecule has 0 aliphatic heterocycles. The van der Waals surface area contributed by atoms with Crippen molar-refractivity contribution in [2.45, 2.75) is 43.8 Å². The summed E-state index contributed by atoms with van der Waals surface area (Å²) in [5.74, 6) is 0.727. The number of methoxy groups -OCH3 is 1. The third-order valence-corrected chi connectivity index (χ3v) is 5.78. The van der Waals surface area contributed by atoms with Crippen molar-refractivity contribution in [2.75, 3.05) is 12.9 Å². The average molecular weight is 294 g/mol. The van der Waals surface area contributed by atoms with Gasteiger partial charge in [-0.15, -0.1) is 0 Å². The van der Waals surface area contributed by atoms with Crippen molar-refractivity contribution in [1.82, 2.24) is 0 Å². The van der Waals surface area contributed by atoms with Crippen molar-refractivity contribution in [3.63, 3.8) is 0 Å². The predicted octanol–water partition coefficient (Wildman–Crippen LogP) is 2.81. The normalized spacial score (nSPS) is 20.8. The minimum absolute atomic E-state index is 0.142. The van der Waals surface area contributed by atoms with E-state index in [0.717, 1.165) is 19.3 Å². The largest absolute Gasteiger partial charge is 0.469 e. The SMILES string of the molecule is COC(=O)CC(C)S(=O)CC1CCCc2ccccc21. The molecule has 3 unspecified atom stereocenters. The Morgan fingerprint density at radius 1 is 1.45 bits per heavy atom. The van der Waals surface area contributed by atoms with Crippen molar-refractivity contribution in [3.05, 3.63) is 35.4 Å². The van der Waals surface area contributed by atoms with Gasteiger partial charge in [0.1, 0.15) is 0 Å². The number of fused-ring (bicyclic) bond motifs is 1.